The van der Waals surface area contributed by atoms with Gasteiger partial charge in [-0.15, -0.1) is 0 Å². The molecule has 0 bridgehead atoms. The van der Waals surface area contributed by atoms with Crippen LogP contribution in [0.2, 0.25) is 0 Å². The molecule has 0 heterocycles. The van der Waals surface area contributed by atoms with Crippen LogP contribution in [-0.2, 0) is 0 Å². The molecule has 0 radical (unpaired) electrons. The third-order valence-corrected chi connectivity index (χ3v) is 3.41. The van der Waals surface area contributed by atoms with Crippen LogP contribution in [0.25, 0.3) is 0 Å². The Hall–Kier alpha value is -1.87. The van der Waals surface area contributed by atoms with Gasteiger partial charge in [0.05, 0.1) is 6.04 Å². The minimum absolute atomic E-state index is 0.237. The molecule has 0 aromatic heterocycles. The highest BCUT2D eigenvalue weighted by atomic mass is 32.1. The summed E-state index contributed by atoms with van der Waals surface area (Å²) in [6.45, 7) is 4.22. The molecular weight excluding hydrogens is 264 g/mol. The first-order chi connectivity index (χ1) is 9.69. The van der Waals surface area contributed by atoms with Crippen molar-refractivity contribution in [2.45, 2.75) is 26.3 Å². The molecular formula is C17H20N2S. The maximum Gasteiger partial charge on any atom is 0.171 e. The Morgan fingerprint density at radius 1 is 1.10 bits per heavy atom. The lowest BCUT2D eigenvalue weighted by Gasteiger charge is -2.20. The number of hydrogen-bond acceptors (Lipinski definition) is 1. The summed E-state index contributed by atoms with van der Waals surface area (Å²) in [7, 11) is 0. The van der Waals surface area contributed by atoms with Gasteiger partial charge in [0, 0.05) is 5.69 Å². The van der Waals surface area contributed by atoms with Crippen molar-refractivity contribution in [3.8, 4) is 0 Å². The van der Waals surface area contributed by atoms with Gasteiger partial charge in [0.2, 0.25) is 0 Å². The summed E-state index contributed by atoms with van der Waals surface area (Å²) in [5, 5.41) is 7.27. The van der Waals surface area contributed by atoms with Crippen molar-refractivity contribution >= 4 is 23.0 Å². The Labute approximate surface area is 126 Å². The molecule has 2 aromatic carbocycles. The van der Waals surface area contributed by atoms with E-state index in [2.05, 4.69) is 60.9 Å². The summed E-state index contributed by atoms with van der Waals surface area (Å²) < 4.78 is 0. The SMILES string of the molecule is CC[C@@H](NC(=S)Nc1cccc(C)c1)c1ccccc1. The van der Waals surface area contributed by atoms with Crippen LogP contribution < -0.4 is 10.6 Å². The monoisotopic (exact) mass is 284 g/mol. The van der Waals surface area contributed by atoms with Gasteiger partial charge in [-0.25, -0.2) is 0 Å². The highest BCUT2D eigenvalue weighted by Gasteiger charge is 2.09. The van der Waals surface area contributed by atoms with Crippen LogP contribution in [0.15, 0.2) is 54.6 Å². The van der Waals surface area contributed by atoms with Gasteiger partial charge >= 0.3 is 0 Å². The summed E-state index contributed by atoms with van der Waals surface area (Å²) in [5.74, 6) is 0. The predicted octanol–water partition coefficient (Wildman–Crippen LogP) is 4.43. The predicted molar refractivity (Wildman–Crippen MR) is 90.0 cm³/mol. The van der Waals surface area contributed by atoms with E-state index in [1.165, 1.54) is 11.1 Å². The summed E-state index contributed by atoms with van der Waals surface area (Å²) >= 11 is 5.40. The molecule has 2 aromatic rings. The first-order valence-electron chi connectivity index (χ1n) is 6.88. The third-order valence-electron chi connectivity index (χ3n) is 3.19. The van der Waals surface area contributed by atoms with Gasteiger partial charge in [0.25, 0.3) is 0 Å². The van der Waals surface area contributed by atoms with Gasteiger partial charge in [0.1, 0.15) is 0 Å². The summed E-state index contributed by atoms with van der Waals surface area (Å²) in [6, 6.07) is 18.8. The molecule has 2 N–H and O–H groups in total. The Morgan fingerprint density at radius 3 is 2.50 bits per heavy atom. The van der Waals surface area contributed by atoms with Crippen LogP contribution in [0.5, 0.6) is 0 Å². The molecule has 0 amide bonds. The number of hydrogen-bond donors (Lipinski definition) is 2. The van der Waals surface area contributed by atoms with Crippen LogP contribution in [0.3, 0.4) is 0 Å². The van der Waals surface area contributed by atoms with Crippen LogP contribution in [0.4, 0.5) is 5.69 Å². The fourth-order valence-corrected chi connectivity index (χ4v) is 2.41. The maximum absolute atomic E-state index is 5.40. The molecule has 20 heavy (non-hydrogen) atoms. The maximum atomic E-state index is 5.40. The smallest absolute Gasteiger partial charge is 0.171 e. The molecule has 0 unspecified atom stereocenters. The first-order valence-corrected chi connectivity index (χ1v) is 7.29. The molecule has 104 valence electrons. The lowest BCUT2D eigenvalue weighted by molar-refractivity contribution is 0.629. The minimum atomic E-state index is 0.237. The van der Waals surface area contributed by atoms with Crippen molar-refractivity contribution in [1.82, 2.24) is 5.32 Å². The number of nitrogens with one attached hydrogen (secondary N) is 2. The highest BCUT2D eigenvalue weighted by molar-refractivity contribution is 7.80. The molecule has 0 aliphatic rings. The number of benzene rings is 2. The average molecular weight is 284 g/mol. The molecule has 2 rings (SSSR count). The van der Waals surface area contributed by atoms with Crippen LogP contribution in [0.1, 0.15) is 30.5 Å². The number of thiocarbonyl (C=S) groups is 1. The van der Waals surface area contributed by atoms with Crippen molar-refractivity contribution in [3.63, 3.8) is 0 Å². The van der Waals surface area contributed by atoms with E-state index in [1.807, 2.05) is 18.2 Å². The second-order valence-corrected chi connectivity index (χ2v) is 5.25. The number of rotatable bonds is 4. The van der Waals surface area contributed by atoms with Crippen LogP contribution in [0, 0.1) is 6.92 Å². The van der Waals surface area contributed by atoms with E-state index in [0.29, 0.717) is 5.11 Å². The topological polar surface area (TPSA) is 24.1 Å². The molecule has 0 spiro atoms. The highest BCUT2D eigenvalue weighted by Crippen LogP contribution is 2.16. The molecule has 2 nitrogen and oxygen atoms in total. The van der Waals surface area contributed by atoms with E-state index in [9.17, 15) is 0 Å². The molecule has 0 aliphatic carbocycles. The Kier molecular flexibility index (Phi) is 5.13. The fraction of sp³-hybridized carbons (Fsp3) is 0.235. The largest absolute Gasteiger partial charge is 0.356 e. The van der Waals surface area contributed by atoms with Crippen LogP contribution in [-0.4, -0.2) is 5.11 Å². The van der Waals surface area contributed by atoms with Crippen molar-refractivity contribution in [3.05, 3.63) is 65.7 Å². The van der Waals surface area contributed by atoms with E-state index < -0.39 is 0 Å². The molecule has 0 aliphatic heterocycles. The van der Waals surface area contributed by atoms with E-state index in [-0.39, 0.29) is 6.04 Å². The lowest BCUT2D eigenvalue weighted by atomic mass is 10.1. The summed E-state index contributed by atoms with van der Waals surface area (Å²) in [6.07, 6.45) is 0.986. The van der Waals surface area contributed by atoms with E-state index in [0.717, 1.165) is 12.1 Å². The Balaban J connectivity index is 2.00. The summed E-state index contributed by atoms with van der Waals surface area (Å²) in [5.41, 5.74) is 3.49. The lowest BCUT2D eigenvalue weighted by Crippen LogP contribution is -2.32. The van der Waals surface area contributed by atoms with Gasteiger partial charge in [-0.1, -0.05) is 49.4 Å². The Morgan fingerprint density at radius 2 is 1.85 bits per heavy atom. The van der Waals surface area contributed by atoms with Crippen LogP contribution >= 0.6 is 12.2 Å². The Bertz CT molecular complexity index is 566. The molecule has 3 heteroatoms. The van der Waals surface area contributed by atoms with Gasteiger partial charge in [-0.2, -0.15) is 0 Å². The second kappa shape index (κ2) is 7.06. The normalized spacial score (nSPS) is 11.7. The van der Waals surface area contributed by atoms with E-state index in [1.54, 1.807) is 0 Å². The molecule has 1 atom stereocenters. The van der Waals surface area contributed by atoms with Crippen molar-refractivity contribution in [2.75, 3.05) is 5.32 Å². The molecule has 0 saturated heterocycles. The quantitative estimate of drug-likeness (QED) is 0.812. The fourth-order valence-electron chi connectivity index (χ4n) is 2.15. The second-order valence-electron chi connectivity index (χ2n) is 4.84. The standard InChI is InChI=1S/C17H20N2S/c1-3-16(14-9-5-4-6-10-14)19-17(20)18-15-11-7-8-13(2)12-15/h4-12,16H,3H2,1-2H3,(H2,18,19,20)/t16-/m1/s1. The van der Waals surface area contributed by atoms with E-state index in [4.69, 9.17) is 12.2 Å². The summed E-state index contributed by atoms with van der Waals surface area (Å²) in [4.78, 5) is 0. The molecule has 0 saturated carbocycles. The average Bonchev–Trinajstić information content (AvgIpc) is 2.45. The van der Waals surface area contributed by atoms with Gasteiger partial charge in [-0.05, 0) is 48.8 Å². The first kappa shape index (κ1) is 14.5. The molecule has 0 fully saturated rings. The number of aryl methyl sites for hydroxylation is 1. The third kappa shape index (κ3) is 4.07. The van der Waals surface area contributed by atoms with Gasteiger partial charge in [0.15, 0.2) is 5.11 Å². The zero-order chi connectivity index (χ0) is 14.4. The van der Waals surface area contributed by atoms with Gasteiger partial charge in [-0.3, -0.25) is 0 Å². The zero-order valence-electron chi connectivity index (χ0n) is 11.9. The van der Waals surface area contributed by atoms with Gasteiger partial charge < -0.3 is 10.6 Å². The zero-order valence-corrected chi connectivity index (χ0v) is 12.7. The van der Waals surface area contributed by atoms with Crippen molar-refractivity contribution in [1.29, 1.82) is 0 Å². The van der Waals surface area contributed by atoms with Crippen molar-refractivity contribution in [2.24, 2.45) is 0 Å². The number of anilines is 1. The van der Waals surface area contributed by atoms with E-state index >= 15 is 0 Å². The van der Waals surface area contributed by atoms with Crippen molar-refractivity contribution < 1.29 is 0 Å². The minimum Gasteiger partial charge on any atom is -0.356 e.